The molecule has 85 heavy (non-hydrogen) atoms. The number of esters is 3. The molecule has 2 amide bonds. The molecule has 19 nitrogen and oxygen atoms in total. The molecule has 4 aromatic rings. The molecule has 0 aromatic heterocycles. The van der Waals surface area contributed by atoms with Crippen LogP contribution in [0.2, 0.25) is 0 Å². The van der Waals surface area contributed by atoms with Gasteiger partial charge in [0, 0.05) is 89.2 Å². The van der Waals surface area contributed by atoms with Crippen molar-refractivity contribution < 1.29 is 92.8 Å². The van der Waals surface area contributed by atoms with Crippen molar-refractivity contribution in [1.29, 1.82) is 0 Å². The lowest BCUT2D eigenvalue weighted by Gasteiger charge is -2.32. The maximum atomic E-state index is 14.8. The number of anilines is 2. The van der Waals surface area contributed by atoms with Crippen molar-refractivity contribution in [2.75, 3.05) is 76.5 Å². The number of hydrogen-bond acceptors (Lipinski definition) is 16. The fourth-order valence-corrected chi connectivity index (χ4v) is 8.50. The van der Waals surface area contributed by atoms with Crippen LogP contribution in [0, 0.1) is 0 Å². The lowest BCUT2D eigenvalue weighted by Crippen LogP contribution is -2.49. The summed E-state index contributed by atoms with van der Waals surface area (Å²) in [6.45, 7) is 21.5. The third kappa shape index (κ3) is 26.6. The molecule has 2 heterocycles. The minimum absolute atomic E-state index is 0.0115. The molecule has 2 N–H and O–H groups in total. The molecule has 476 valence electrons. The zero-order valence-electron chi connectivity index (χ0n) is 59.3. The first-order chi connectivity index (χ1) is 43.8. The third-order valence-corrected chi connectivity index (χ3v) is 12.9. The number of amides is 2. The average Bonchev–Trinajstić information content (AvgIpc) is 0.935. The van der Waals surface area contributed by atoms with Crippen LogP contribution in [0.15, 0.2) is 109 Å². The van der Waals surface area contributed by atoms with Crippen molar-refractivity contribution >= 4 is 47.4 Å². The number of ether oxygens (including phenoxy) is 7. The van der Waals surface area contributed by atoms with Gasteiger partial charge in [-0.2, -0.15) is 0 Å². The van der Waals surface area contributed by atoms with E-state index in [1.807, 2.05) is 109 Å². The van der Waals surface area contributed by atoms with E-state index in [1.165, 1.54) is 41.8 Å². The van der Waals surface area contributed by atoms with Gasteiger partial charge in [0.05, 0.1) is 26.4 Å². The smallest absolute Gasteiger partial charge is 0.410 e. The standard InChI is InChI=1S/C32H43FN2O7.C20H23NO4.C12H22FNO4.4H2/c1-31(2,3)42-30(38)34(6)26(21-32(4,5)33)28(36)41-27(29(37)40-22-24-10-8-7-9-11-24)20-23-12-14-25(15-13-23)35-16-18-39-19-17-35;22-19(20(23)25-15-17-4-2-1-3-5-17)14-16-6-8-18(9-7-16)21-10-12-24-13-11-21;1-11(2,3)18-10(17)14(6)8(9(15)16)7-12(4,5)13;;;;/h7-15,26-27H,16-22H2,1-6H3;1-9,19,22H,10-15H2;8H,7H2,1-6H3,(H,15,16);4*1H/t26-,27+;19-;8-;;;;/m010..../s1/i;;;4*1+1D. The van der Waals surface area contributed by atoms with E-state index >= 15 is 0 Å². The number of aliphatic hydroxyl groups excluding tert-OH is 1. The second-order valence-corrected chi connectivity index (χ2v) is 24.0. The van der Waals surface area contributed by atoms with Gasteiger partial charge in [0.2, 0.25) is 6.10 Å². The van der Waals surface area contributed by atoms with E-state index < -0.39 is 82.9 Å². The van der Waals surface area contributed by atoms with Crippen LogP contribution < -0.4 is 9.80 Å². The van der Waals surface area contributed by atoms with E-state index in [0.29, 0.717) is 13.2 Å². The average molecular weight is 1210 g/mol. The Morgan fingerprint density at radius 3 is 1.28 bits per heavy atom. The van der Waals surface area contributed by atoms with E-state index in [-0.39, 0.29) is 38.9 Å². The molecule has 0 radical (unpaired) electrons. The molecule has 2 aliphatic rings. The largest absolute Gasteiger partial charge is 0.480 e. The first-order valence-electron chi connectivity index (χ1n) is 32.4. The van der Waals surface area contributed by atoms with Gasteiger partial charge in [-0.05, 0) is 116 Å². The van der Waals surface area contributed by atoms with E-state index in [9.17, 15) is 42.7 Å². The number of carboxylic acids is 1. The Balaban J connectivity index is 0.00000141. The first kappa shape index (κ1) is 63.7. The number of aliphatic carboxylic acids is 1. The number of carboxylic acid groups (broad SMARTS) is 1. The normalized spacial score (nSPS) is 15.5. The number of likely N-dealkylation sites (N-methyl/N-ethyl adjacent to an activating group) is 2. The summed E-state index contributed by atoms with van der Waals surface area (Å²) in [6, 6.07) is 31.5. The molecular formula is C64H96F2N4O15. The maximum Gasteiger partial charge on any atom is 0.410 e. The summed E-state index contributed by atoms with van der Waals surface area (Å²) in [6.07, 6.45) is -4.44. The molecule has 4 aromatic carbocycles. The number of carbonyl (C=O) groups is 6. The minimum atomic E-state index is -1.82. The Morgan fingerprint density at radius 2 is 0.906 bits per heavy atom. The molecule has 4 atom stereocenters. The van der Waals surface area contributed by atoms with E-state index in [2.05, 4.69) is 9.80 Å². The first-order valence-corrected chi connectivity index (χ1v) is 28.4. The summed E-state index contributed by atoms with van der Waals surface area (Å²) in [5, 5.41) is 19.1. The molecule has 0 bridgehead atoms. The summed E-state index contributed by atoms with van der Waals surface area (Å²) >= 11 is 0. The summed E-state index contributed by atoms with van der Waals surface area (Å²) in [5.74, 6) is -3.53. The number of aliphatic hydroxyl groups is 1. The minimum Gasteiger partial charge on any atom is -0.480 e. The summed E-state index contributed by atoms with van der Waals surface area (Å²) in [5.41, 5.74) is 0.412. The van der Waals surface area contributed by atoms with Crippen LogP contribution in [0.1, 0.15) is 116 Å². The van der Waals surface area contributed by atoms with Crippen molar-refractivity contribution in [2.24, 2.45) is 0 Å². The zero-order chi connectivity index (χ0) is 71.1. The SMILES string of the molecule is CN(C(=O)OC(C)(C)C)[C@@H](CC(C)(C)F)C(=O)O.CN(C(=O)OC(C)(C)C)[C@@H](CC(C)(C)F)C(=O)O[C@H](Cc1ccc(N2CCOCC2)cc1)C(=O)OCc1ccccc1.O=C(OCc1ccccc1)[C@H](O)Cc1ccc(N2CCOCC2)cc1.[2H][2H].[2H][2H].[2H][2H].[2H][2H]. The molecule has 0 spiro atoms. The van der Waals surface area contributed by atoms with Crippen LogP contribution in [-0.4, -0.2) is 170 Å². The molecule has 2 fully saturated rings. The number of carbonyl (C=O) groups excluding carboxylic acids is 5. The fraction of sp³-hybridized carbons (Fsp3) is 0.531. The van der Waals surface area contributed by atoms with E-state index in [0.717, 1.165) is 82.8 Å². The topological polar surface area (TPSA) is 220 Å². The fourth-order valence-electron chi connectivity index (χ4n) is 8.50. The lowest BCUT2D eigenvalue weighted by molar-refractivity contribution is -0.172. The van der Waals surface area contributed by atoms with Crippen LogP contribution in [0.4, 0.5) is 29.7 Å². The van der Waals surface area contributed by atoms with Gasteiger partial charge in [0.15, 0.2) is 6.10 Å². The van der Waals surface area contributed by atoms with Gasteiger partial charge in [0.25, 0.3) is 0 Å². The van der Waals surface area contributed by atoms with Crippen molar-refractivity contribution in [2.45, 2.75) is 155 Å². The highest BCUT2D eigenvalue weighted by Crippen LogP contribution is 2.26. The molecule has 6 rings (SSSR count). The summed E-state index contributed by atoms with van der Waals surface area (Å²) in [4.78, 5) is 80.7. The van der Waals surface area contributed by atoms with Gasteiger partial charge in [-0.3, -0.25) is 9.80 Å². The lowest BCUT2D eigenvalue weighted by atomic mass is 10.00. The quantitative estimate of drug-likeness (QED) is 0.0585. The maximum absolute atomic E-state index is 14.8. The highest BCUT2D eigenvalue weighted by atomic mass is 19.1. The van der Waals surface area contributed by atoms with Crippen LogP contribution >= 0.6 is 0 Å². The van der Waals surface area contributed by atoms with Crippen LogP contribution in [-0.2, 0) is 78.4 Å². The monoisotopic (exact) mass is 1210 g/mol. The predicted molar refractivity (Wildman–Crippen MR) is 326 cm³/mol. The number of morpholine rings is 2. The highest BCUT2D eigenvalue weighted by molar-refractivity contribution is 5.85. The highest BCUT2D eigenvalue weighted by Gasteiger charge is 2.39. The molecule has 2 aliphatic heterocycles. The van der Waals surface area contributed by atoms with Gasteiger partial charge in [-0.25, -0.2) is 37.5 Å². The Hall–Kier alpha value is -7.36. The third-order valence-electron chi connectivity index (χ3n) is 12.9. The number of halogens is 2. The van der Waals surface area contributed by atoms with E-state index in [1.54, 1.807) is 41.5 Å². The van der Waals surface area contributed by atoms with Gasteiger partial charge in [-0.15, -0.1) is 0 Å². The van der Waals surface area contributed by atoms with Crippen LogP contribution in [0.5, 0.6) is 0 Å². The molecular weight excluding hydrogens is 1100 g/mol. The number of nitrogens with zero attached hydrogens (tertiary/aromatic N) is 4. The Bertz CT molecular complexity index is 2740. The zero-order valence-corrected chi connectivity index (χ0v) is 51.3. The summed E-state index contributed by atoms with van der Waals surface area (Å²) < 4.78 is 106. The Morgan fingerprint density at radius 1 is 0.541 bits per heavy atom. The number of alkyl halides is 2. The van der Waals surface area contributed by atoms with Crippen molar-refractivity contribution in [1.82, 2.24) is 9.80 Å². The van der Waals surface area contributed by atoms with Crippen molar-refractivity contribution in [3.05, 3.63) is 131 Å². The van der Waals surface area contributed by atoms with Crippen molar-refractivity contribution in [3.8, 4) is 0 Å². The van der Waals surface area contributed by atoms with Crippen LogP contribution in [0.3, 0.4) is 0 Å². The van der Waals surface area contributed by atoms with E-state index in [4.69, 9.17) is 50.1 Å². The number of hydrogen-bond donors (Lipinski definition) is 2. The van der Waals surface area contributed by atoms with Gasteiger partial charge >= 0.3 is 36.1 Å². The molecule has 2 saturated heterocycles. The van der Waals surface area contributed by atoms with Crippen molar-refractivity contribution in [3.63, 3.8) is 0 Å². The van der Waals surface area contributed by atoms with Gasteiger partial charge in [0.1, 0.15) is 47.8 Å². The van der Waals surface area contributed by atoms with Gasteiger partial charge in [-0.1, -0.05) is 84.9 Å². The Labute approximate surface area is 511 Å². The predicted octanol–water partition coefficient (Wildman–Crippen LogP) is 10.7. The second-order valence-electron chi connectivity index (χ2n) is 24.0. The molecule has 0 saturated carbocycles. The van der Waals surface area contributed by atoms with Gasteiger partial charge < -0.3 is 53.2 Å². The van der Waals surface area contributed by atoms with Crippen LogP contribution in [0.25, 0.3) is 0 Å². The summed E-state index contributed by atoms with van der Waals surface area (Å²) in [7, 11) is 2.64. The Kier molecular flexibility index (Phi) is 24.6. The number of rotatable bonds is 21. The molecule has 21 heteroatoms. The molecule has 0 unspecified atom stereocenters. The second kappa shape index (κ2) is 32.8. The number of benzene rings is 4. The molecule has 0 aliphatic carbocycles.